The number of aliphatic hydroxyl groups is 1. The third-order valence-electron chi connectivity index (χ3n) is 3.80. The summed E-state index contributed by atoms with van der Waals surface area (Å²) in [4.78, 5) is 11.9. The number of hydrogen-bond donors (Lipinski definition) is 1. The van der Waals surface area contributed by atoms with Crippen molar-refractivity contribution in [2.45, 2.75) is 57.7 Å². The Balaban J connectivity index is 2.74. The Hall–Kier alpha value is -0.610. The molecule has 0 bridgehead atoms. The SMILES string of the molecule is CCOC(=O)C(O)(CC)C1CCCC(OC)C1. The zero-order chi connectivity index (χ0) is 12.9. The molecule has 4 nitrogen and oxygen atoms in total. The highest BCUT2D eigenvalue weighted by Gasteiger charge is 2.45. The lowest BCUT2D eigenvalue weighted by Gasteiger charge is -2.38. The van der Waals surface area contributed by atoms with Gasteiger partial charge in [0.25, 0.3) is 0 Å². The van der Waals surface area contributed by atoms with Gasteiger partial charge in [0, 0.05) is 13.0 Å². The van der Waals surface area contributed by atoms with Crippen LogP contribution in [0.2, 0.25) is 0 Å². The Morgan fingerprint density at radius 3 is 2.65 bits per heavy atom. The molecular weight excluding hydrogens is 220 g/mol. The lowest BCUT2D eigenvalue weighted by Crippen LogP contribution is -2.49. The third kappa shape index (κ3) is 3.19. The fourth-order valence-corrected chi connectivity index (χ4v) is 2.65. The molecule has 100 valence electrons. The highest BCUT2D eigenvalue weighted by atomic mass is 16.5. The minimum absolute atomic E-state index is 0.0507. The van der Waals surface area contributed by atoms with Crippen molar-refractivity contribution in [3.8, 4) is 0 Å². The molecule has 1 aliphatic rings. The molecule has 1 aliphatic carbocycles. The van der Waals surface area contributed by atoms with E-state index in [1.54, 1.807) is 14.0 Å². The lowest BCUT2D eigenvalue weighted by atomic mass is 9.74. The summed E-state index contributed by atoms with van der Waals surface area (Å²) in [5.41, 5.74) is -1.34. The average molecular weight is 244 g/mol. The molecule has 0 aromatic heterocycles. The van der Waals surface area contributed by atoms with E-state index >= 15 is 0 Å². The number of hydrogen-bond acceptors (Lipinski definition) is 4. The van der Waals surface area contributed by atoms with Crippen LogP contribution in [0.4, 0.5) is 0 Å². The van der Waals surface area contributed by atoms with E-state index in [0.29, 0.717) is 13.0 Å². The second-order valence-corrected chi connectivity index (χ2v) is 4.72. The van der Waals surface area contributed by atoms with Crippen LogP contribution in [0.1, 0.15) is 46.0 Å². The Bertz CT molecular complexity index is 254. The summed E-state index contributed by atoms with van der Waals surface area (Å²) in [7, 11) is 1.68. The number of methoxy groups -OCH3 is 1. The maximum atomic E-state index is 11.9. The second kappa shape index (κ2) is 6.36. The first kappa shape index (κ1) is 14.5. The molecule has 0 aromatic rings. The minimum atomic E-state index is -1.34. The van der Waals surface area contributed by atoms with E-state index in [1.165, 1.54) is 0 Å². The summed E-state index contributed by atoms with van der Waals surface area (Å²) in [5.74, 6) is -0.533. The van der Waals surface area contributed by atoms with Crippen molar-refractivity contribution in [2.24, 2.45) is 5.92 Å². The summed E-state index contributed by atoms with van der Waals surface area (Å²) in [6.45, 7) is 3.89. The van der Waals surface area contributed by atoms with Gasteiger partial charge in [-0.2, -0.15) is 0 Å². The van der Waals surface area contributed by atoms with Crippen LogP contribution in [-0.4, -0.2) is 36.5 Å². The van der Waals surface area contributed by atoms with Crippen LogP contribution < -0.4 is 0 Å². The maximum Gasteiger partial charge on any atom is 0.338 e. The summed E-state index contributed by atoms with van der Waals surface area (Å²) in [5, 5.41) is 10.5. The van der Waals surface area contributed by atoms with Gasteiger partial charge in [-0.15, -0.1) is 0 Å². The van der Waals surface area contributed by atoms with Crippen molar-refractivity contribution in [3.63, 3.8) is 0 Å². The van der Waals surface area contributed by atoms with Gasteiger partial charge in [0.1, 0.15) is 0 Å². The minimum Gasteiger partial charge on any atom is -0.464 e. The van der Waals surface area contributed by atoms with Gasteiger partial charge >= 0.3 is 5.97 Å². The molecule has 1 fully saturated rings. The normalized spacial score (nSPS) is 28.5. The molecule has 0 spiro atoms. The molecule has 17 heavy (non-hydrogen) atoms. The molecule has 1 saturated carbocycles. The number of rotatable bonds is 5. The molecule has 1 N–H and O–H groups in total. The highest BCUT2D eigenvalue weighted by Crippen LogP contribution is 2.36. The molecule has 0 radical (unpaired) electrons. The highest BCUT2D eigenvalue weighted by molar-refractivity contribution is 5.79. The molecular formula is C13H24O4. The van der Waals surface area contributed by atoms with Crippen molar-refractivity contribution in [1.82, 2.24) is 0 Å². The van der Waals surface area contributed by atoms with Crippen LogP contribution in [0.5, 0.6) is 0 Å². The van der Waals surface area contributed by atoms with E-state index in [2.05, 4.69) is 0 Å². The number of carbonyl (C=O) groups is 1. The van der Waals surface area contributed by atoms with Gasteiger partial charge in [0.05, 0.1) is 12.7 Å². The molecule has 0 heterocycles. The zero-order valence-electron chi connectivity index (χ0n) is 11.1. The quantitative estimate of drug-likeness (QED) is 0.750. The van der Waals surface area contributed by atoms with E-state index in [1.807, 2.05) is 6.92 Å². The molecule has 0 aromatic carbocycles. The number of esters is 1. The lowest BCUT2D eigenvalue weighted by molar-refractivity contribution is -0.175. The first-order valence-electron chi connectivity index (χ1n) is 6.50. The monoisotopic (exact) mass is 244 g/mol. The Labute approximate surface area is 103 Å². The summed E-state index contributed by atoms with van der Waals surface area (Å²) < 4.78 is 10.3. The zero-order valence-corrected chi connectivity index (χ0v) is 11.1. The first-order valence-corrected chi connectivity index (χ1v) is 6.50. The molecule has 0 amide bonds. The van der Waals surface area contributed by atoms with Gasteiger partial charge in [-0.1, -0.05) is 13.3 Å². The largest absolute Gasteiger partial charge is 0.464 e. The van der Waals surface area contributed by atoms with Crippen molar-refractivity contribution >= 4 is 5.97 Å². The van der Waals surface area contributed by atoms with E-state index in [9.17, 15) is 9.90 Å². The van der Waals surface area contributed by atoms with Gasteiger partial charge in [-0.3, -0.25) is 0 Å². The topological polar surface area (TPSA) is 55.8 Å². The molecule has 0 saturated heterocycles. The Morgan fingerprint density at radius 1 is 1.41 bits per heavy atom. The number of ether oxygens (including phenoxy) is 2. The molecule has 3 unspecified atom stereocenters. The smallest absolute Gasteiger partial charge is 0.338 e. The first-order chi connectivity index (χ1) is 8.08. The van der Waals surface area contributed by atoms with Crippen molar-refractivity contribution < 1.29 is 19.4 Å². The molecule has 3 atom stereocenters. The maximum absolute atomic E-state index is 11.9. The van der Waals surface area contributed by atoms with Gasteiger partial charge in [0.2, 0.25) is 0 Å². The van der Waals surface area contributed by atoms with E-state index < -0.39 is 11.6 Å². The average Bonchev–Trinajstić information content (AvgIpc) is 2.38. The summed E-state index contributed by atoms with van der Waals surface area (Å²) >= 11 is 0. The fourth-order valence-electron chi connectivity index (χ4n) is 2.65. The van der Waals surface area contributed by atoms with E-state index in [-0.39, 0.29) is 12.0 Å². The van der Waals surface area contributed by atoms with Crippen LogP contribution >= 0.6 is 0 Å². The van der Waals surface area contributed by atoms with Crippen molar-refractivity contribution in [2.75, 3.05) is 13.7 Å². The molecule has 4 heteroatoms. The van der Waals surface area contributed by atoms with Crippen molar-refractivity contribution in [1.29, 1.82) is 0 Å². The fraction of sp³-hybridized carbons (Fsp3) is 0.923. The summed E-state index contributed by atoms with van der Waals surface area (Å²) in [6, 6.07) is 0. The van der Waals surface area contributed by atoms with Crippen LogP contribution in [0, 0.1) is 5.92 Å². The van der Waals surface area contributed by atoms with Gasteiger partial charge in [0.15, 0.2) is 5.60 Å². The van der Waals surface area contributed by atoms with Gasteiger partial charge in [-0.25, -0.2) is 4.79 Å². The predicted octanol–water partition coefficient (Wildman–Crippen LogP) is 1.90. The molecule has 1 rings (SSSR count). The Kier molecular flexibility index (Phi) is 5.40. The van der Waals surface area contributed by atoms with Crippen LogP contribution in [0.25, 0.3) is 0 Å². The third-order valence-corrected chi connectivity index (χ3v) is 3.80. The standard InChI is InChI=1S/C13H24O4/c1-4-13(15,12(14)17-5-2)10-7-6-8-11(9-10)16-3/h10-11,15H,4-9H2,1-3H3. The number of carbonyl (C=O) groups excluding carboxylic acids is 1. The van der Waals surface area contributed by atoms with Crippen molar-refractivity contribution in [3.05, 3.63) is 0 Å². The second-order valence-electron chi connectivity index (χ2n) is 4.72. The van der Waals surface area contributed by atoms with E-state index in [4.69, 9.17) is 9.47 Å². The van der Waals surface area contributed by atoms with Crippen LogP contribution in [-0.2, 0) is 14.3 Å². The predicted molar refractivity (Wildman–Crippen MR) is 64.6 cm³/mol. The van der Waals surface area contributed by atoms with Crippen LogP contribution in [0.3, 0.4) is 0 Å². The summed E-state index contributed by atoms with van der Waals surface area (Å²) in [6.07, 6.45) is 4.15. The van der Waals surface area contributed by atoms with Gasteiger partial charge < -0.3 is 14.6 Å². The van der Waals surface area contributed by atoms with Crippen LogP contribution in [0.15, 0.2) is 0 Å². The van der Waals surface area contributed by atoms with Gasteiger partial charge in [-0.05, 0) is 32.6 Å². The van der Waals surface area contributed by atoms with E-state index in [0.717, 1.165) is 25.7 Å². The molecule has 0 aliphatic heterocycles. The Morgan fingerprint density at radius 2 is 2.12 bits per heavy atom.